The van der Waals surface area contributed by atoms with E-state index in [1.54, 1.807) is 22.2 Å². The van der Waals surface area contributed by atoms with Gasteiger partial charge in [-0.2, -0.15) is 15.1 Å². The lowest BCUT2D eigenvalue weighted by atomic mass is 9.92. The summed E-state index contributed by atoms with van der Waals surface area (Å²) < 4.78 is 28.7. The van der Waals surface area contributed by atoms with E-state index in [0.29, 0.717) is 30.4 Å². The van der Waals surface area contributed by atoms with Crippen LogP contribution in [0.25, 0.3) is 5.95 Å². The van der Waals surface area contributed by atoms with Gasteiger partial charge in [0.1, 0.15) is 16.6 Å². The van der Waals surface area contributed by atoms with E-state index in [4.69, 9.17) is 0 Å². The van der Waals surface area contributed by atoms with E-state index in [0.717, 1.165) is 16.4 Å². The molecule has 3 aromatic rings. The molecule has 1 unspecified atom stereocenters. The maximum Gasteiger partial charge on any atom is 0.254 e. The molecule has 160 valence electrons. The highest BCUT2D eigenvalue weighted by atomic mass is 32.1. The third kappa shape index (κ3) is 4.75. The van der Waals surface area contributed by atoms with E-state index in [1.807, 2.05) is 38.3 Å². The number of aromatic nitrogens is 5. The van der Waals surface area contributed by atoms with Gasteiger partial charge in [0, 0.05) is 42.2 Å². The molecule has 1 fully saturated rings. The second-order valence-electron chi connectivity index (χ2n) is 7.79. The molecule has 1 atom stereocenters. The second-order valence-corrected chi connectivity index (χ2v) is 8.71. The van der Waals surface area contributed by atoms with Gasteiger partial charge in [0.25, 0.3) is 5.95 Å². The summed E-state index contributed by atoms with van der Waals surface area (Å²) in [5, 5.41) is 14.1. The topological polar surface area (TPSA) is 80.5 Å². The predicted molar refractivity (Wildman–Crippen MR) is 114 cm³/mol. The number of hydrogen-bond donors (Lipinski definition) is 2. The molecule has 4 rings (SSSR count). The molecule has 0 aliphatic heterocycles. The van der Waals surface area contributed by atoms with Crippen molar-refractivity contribution in [1.29, 1.82) is 0 Å². The molecule has 10 heteroatoms. The van der Waals surface area contributed by atoms with Crippen molar-refractivity contribution in [2.45, 2.75) is 64.5 Å². The van der Waals surface area contributed by atoms with Crippen LogP contribution in [-0.4, -0.2) is 36.7 Å². The molecule has 3 aromatic heterocycles. The van der Waals surface area contributed by atoms with Crippen molar-refractivity contribution in [3.8, 4) is 5.95 Å². The van der Waals surface area contributed by atoms with E-state index < -0.39 is 5.92 Å². The van der Waals surface area contributed by atoms with Crippen LogP contribution < -0.4 is 10.6 Å². The molecule has 0 aromatic carbocycles. The molecule has 0 amide bonds. The molecule has 0 spiro atoms. The molecule has 7 nitrogen and oxygen atoms in total. The van der Waals surface area contributed by atoms with Crippen LogP contribution in [-0.2, 0) is 0 Å². The van der Waals surface area contributed by atoms with Gasteiger partial charge in [-0.15, -0.1) is 11.3 Å². The van der Waals surface area contributed by atoms with Crippen molar-refractivity contribution in [1.82, 2.24) is 24.7 Å². The molecule has 2 N–H and O–H groups in total. The van der Waals surface area contributed by atoms with E-state index in [-0.39, 0.29) is 24.9 Å². The quantitative estimate of drug-likeness (QED) is 0.576. The van der Waals surface area contributed by atoms with E-state index in [2.05, 4.69) is 30.7 Å². The van der Waals surface area contributed by atoms with Gasteiger partial charge in [-0.1, -0.05) is 0 Å². The Morgan fingerprint density at radius 1 is 1.17 bits per heavy atom. The number of alkyl halides is 2. The summed E-state index contributed by atoms with van der Waals surface area (Å²) in [5.41, 5.74) is 1.79. The average molecular weight is 434 g/mol. The van der Waals surface area contributed by atoms with Gasteiger partial charge < -0.3 is 10.6 Å². The lowest BCUT2D eigenvalue weighted by molar-refractivity contribution is -0.0361. The van der Waals surface area contributed by atoms with E-state index in [9.17, 15) is 8.78 Å². The zero-order valence-electron chi connectivity index (χ0n) is 17.2. The first-order valence-corrected chi connectivity index (χ1v) is 10.9. The second kappa shape index (κ2) is 8.25. The van der Waals surface area contributed by atoms with Crippen molar-refractivity contribution < 1.29 is 8.78 Å². The molecule has 0 bridgehead atoms. The van der Waals surface area contributed by atoms with Gasteiger partial charge in [0.2, 0.25) is 5.92 Å². The summed E-state index contributed by atoms with van der Waals surface area (Å²) in [5.74, 6) is -0.912. The molecule has 1 saturated carbocycles. The molecule has 30 heavy (non-hydrogen) atoms. The van der Waals surface area contributed by atoms with Crippen LogP contribution in [0.5, 0.6) is 0 Å². The van der Waals surface area contributed by atoms with Gasteiger partial charge >= 0.3 is 0 Å². The van der Waals surface area contributed by atoms with Gasteiger partial charge in [0.05, 0.1) is 11.7 Å². The fraction of sp³-hybridized carbons (Fsp3) is 0.500. The Bertz CT molecular complexity index is 993. The van der Waals surface area contributed by atoms with Crippen molar-refractivity contribution in [3.63, 3.8) is 0 Å². The van der Waals surface area contributed by atoms with E-state index >= 15 is 0 Å². The Balaban J connectivity index is 1.61. The summed E-state index contributed by atoms with van der Waals surface area (Å²) in [6.07, 6.45) is 2.37. The van der Waals surface area contributed by atoms with Crippen molar-refractivity contribution in [2.24, 2.45) is 0 Å². The number of anilines is 2. The molecule has 1 aliphatic carbocycles. The smallest absolute Gasteiger partial charge is 0.254 e. The number of halogens is 2. The molecule has 3 heterocycles. The monoisotopic (exact) mass is 433 g/mol. The third-order valence-corrected chi connectivity index (χ3v) is 6.13. The number of thiazole rings is 1. The van der Waals surface area contributed by atoms with Crippen molar-refractivity contribution in [3.05, 3.63) is 40.1 Å². The minimum Gasteiger partial charge on any atom is -0.367 e. The van der Waals surface area contributed by atoms with Gasteiger partial charge in [-0.3, -0.25) is 0 Å². The normalized spacial score (nSPS) is 17.6. The third-order valence-electron chi connectivity index (χ3n) is 5.17. The first-order valence-electron chi connectivity index (χ1n) is 10.0. The van der Waals surface area contributed by atoms with Crippen molar-refractivity contribution >= 4 is 23.0 Å². The molecule has 0 radical (unpaired) electrons. The van der Waals surface area contributed by atoms with Crippen LogP contribution in [0.15, 0.2) is 23.7 Å². The van der Waals surface area contributed by atoms with Gasteiger partial charge in [-0.25, -0.2) is 18.4 Å². The maximum absolute atomic E-state index is 13.5. The Morgan fingerprint density at radius 2 is 1.90 bits per heavy atom. The highest BCUT2D eigenvalue weighted by Gasteiger charge is 2.35. The minimum absolute atomic E-state index is 0.0329. The fourth-order valence-corrected chi connectivity index (χ4v) is 4.28. The van der Waals surface area contributed by atoms with Gasteiger partial charge in [0.15, 0.2) is 0 Å². The summed E-state index contributed by atoms with van der Waals surface area (Å²) in [6.45, 7) is 5.87. The SMILES string of the molecule is Cc1cc(C)n(-c2nc(NC3CCC(F)(F)CC3)cc(NC(C)c3nccs3)n2)n1. The van der Waals surface area contributed by atoms with Crippen LogP contribution in [0.4, 0.5) is 20.4 Å². The number of nitrogens with zero attached hydrogens (tertiary/aromatic N) is 5. The Labute approximate surface area is 178 Å². The van der Waals surface area contributed by atoms with E-state index in [1.165, 1.54) is 0 Å². The summed E-state index contributed by atoms with van der Waals surface area (Å²) in [6, 6.07) is 3.69. The van der Waals surface area contributed by atoms with Crippen LogP contribution in [0.1, 0.15) is 55.0 Å². The highest BCUT2D eigenvalue weighted by molar-refractivity contribution is 7.09. The standard InChI is InChI=1S/C20H25F2N7S/c1-12-10-13(2)29(28-12)19-26-16(24-14(3)18-23-8-9-30-18)11-17(27-19)25-15-4-6-20(21,22)7-5-15/h8-11,14-15H,4-7H2,1-3H3,(H2,24,25,26,27). The van der Waals surface area contributed by atoms with Crippen LogP contribution >= 0.6 is 11.3 Å². The molecule has 0 saturated heterocycles. The fourth-order valence-electron chi connectivity index (χ4n) is 3.63. The largest absolute Gasteiger partial charge is 0.367 e. The number of nitrogens with one attached hydrogen (secondary N) is 2. The first kappa shape index (κ1) is 20.6. The Hall–Kier alpha value is -2.62. The van der Waals surface area contributed by atoms with Gasteiger partial charge in [-0.05, 0) is 39.7 Å². The lowest BCUT2D eigenvalue weighted by Crippen LogP contribution is -2.32. The number of rotatable bonds is 6. The Morgan fingerprint density at radius 3 is 2.53 bits per heavy atom. The number of hydrogen-bond acceptors (Lipinski definition) is 7. The van der Waals surface area contributed by atoms with Crippen molar-refractivity contribution in [2.75, 3.05) is 10.6 Å². The predicted octanol–water partition coefficient (Wildman–Crippen LogP) is 4.90. The van der Waals surface area contributed by atoms with Crippen LogP contribution in [0.2, 0.25) is 0 Å². The first-order chi connectivity index (χ1) is 14.3. The zero-order chi connectivity index (χ0) is 21.3. The molecular weight excluding hydrogens is 408 g/mol. The number of aryl methyl sites for hydroxylation is 2. The maximum atomic E-state index is 13.5. The summed E-state index contributed by atoms with van der Waals surface area (Å²) >= 11 is 1.57. The highest BCUT2D eigenvalue weighted by Crippen LogP contribution is 2.34. The molecule has 1 aliphatic rings. The van der Waals surface area contributed by atoms with Crippen LogP contribution in [0, 0.1) is 13.8 Å². The minimum atomic E-state index is -2.56. The molecular formula is C20H25F2N7S. The van der Waals surface area contributed by atoms with Crippen LogP contribution in [0.3, 0.4) is 0 Å². The Kier molecular flexibility index (Phi) is 5.68. The summed E-state index contributed by atoms with van der Waals surface area (Å²) in [7, 11) is 0. The zero-order valence-corrected chi connectivity index (χ0v) is 18.0. The lowest BCUT2D eigenvalue weighted by Gasteiger charge is -2.29. The summed E-state index contributed by atoms with van der Waals surface area (Å²) in [4.78, 5) is 13.6. The average Bonchev–Trinajstić information content (AvgIpc) is 3.33.